The van der Waals surface area contributed by atoms with Gasteiger partial charge in [0.15, 0.2) is 0 Å². The maximum absolute atomic E-state index is 4.21. The van der Waals surface area contributed by atoms with E-state index in [4.69, 9.17) is 0 Å². The van der Waals surface area contributed by atoms with Crippen molar-refractivity contribution in [2.75, 3.05) is 0 Å². The molecule has 0 radical (unpaired) electrons. The van der Waals surface area contributed by atoms with Crippen LogP contribution in [0.25, 0.3) is 21.1 Å². The summed E-state index contributed by atoms with van der Waals surface area (Å²) < 4.78 is 0. The lowest BCUT2D eigenvalue weighted by Crippen LogP contribution is -1.77. The summed E-state index contributed by atoms with van der Waals surface area (Å²) in [7, 11) is 0. The Morgan fingerprint density at radius 3 is 1.94 bits per heavy atom. The lowest BCUT2D eigenvalue weighted by Gasteiger charge is -1.92. The van der Waals surface area contributed by atoms with Gasteiger partial charge in [-0.25, -0.2) is 0 Å². The molecule has 3 rings (SSSR count). The Labute approximate surface area is 103 Å². The van der Waals surface area contributed by atoms with Crippen LogP contribution in [-0.4, -0.2) is 15.2 Å². The Morgan fingerprint density at radius 2 is 1.29 bits per heavy atom. The first-order valence-electron chi connectivity index (χ1n) is 5.23. The Kier molecular flexibility index (Phi) is 2.63. The summed E-state index contributed by atoms with van der Waals surface area (Å²) in [4.78, 5) is 3.99. The van der Waals surface area contributed by atoms with E-state index in [0.29, 0.717) is 0 Å². The van der Waals surface area contributed by atoms with E-state index < -0.39 is 0 Å². The van der Waals surface area contributed by atoms with Gasteiger partial charge in [0.1, 0.15) is 10.0 Å². The first-order valence-corrected chi connectivity index (χ1v) is 6.04. The van der Waals surface area contributed by atoms with Crippen molar-refractivity contribution in [3.63, 3.8) is 0 Å². The van der Waals surface area contributed by atoms with E-state index in [1.807, 2.05) is 42.5 Å². The predicted octanol–water partition coefficient (Wildman–Crippen LogP) is 3.27. The van der Waals surface area contributed by atoms with E-state index in [-0.39, 0.29) is 0 Å². The highest BCUT2D eigenvalue weighted by Crippen LogP contribution is 2.28. The first kappa shape index (κ1) is 10.1. The third kappa shape index (κ3) is 2.07. The molecule has 0 fully saturated rings. The van der Waals surface area contributed by atoms with Crippen LogP contribution in [0.1, 0.15) is 0 Å². The number of aromatic nitrogens is 3. The number of nitrogens with zero attached hydrogens (tertiary/aromatic N) is 3. The standard InChI is InChI=1S/C13H9N3S/c1-2-4-10(5-3-1)12-15-16-13(17-12)11-6-8-14-9-7-11/h1-9H. The van der Waals surface area contributed by atoms with Crippen LogP contribution in [0.15, 0.2) is 54.9 Å². The second-order valence-electron chi connectivity index (χ2n) is 3.51. The van der Waals surface area contributed by atoms with Crippen LogP contribution in [0.4, 0.5) is 0 Å². The molecule has 82 valence electrons. The first-order chi connectivity index (χ1) is 8.43. The monoisotopic (exact) mass is 239 g/mol. The molecule has 0 aliphatic carbocycles. The molecular formula is C13H9N3S. The van der Waals surface area contributed by atoms with E-state index in [2.05, 4.69) is 15.2 Å². The maximum Gasteiger partial charge on any atom is 0.148 e. The van der Waals surface area contributed by atoms with Crippen molar-refractivity contribution >= 4 is 11.3 Å². The van der Waals surface area contributed by atoms with Crippen molar-refractivity contribution in [2.24, 2.45) is 0 Å². The third-order valence-electron chi connectivity index (χ3n) is 2.37. The average Bonchev–Trinajstić information content (AvgIpc) is 2.90. The topological polar surface area (TPSA) is 38.7 Å². The molecule has 0 unspecified atom stereocenters. The maximum atomic E-state index is 4.21. The largest absolute Gasteiger partial charge is 0.265 e. The molecule has 4 heteroatoms. The third-order valence-corrected chi connectivity index (χ3v) is 3.39. The molecule has 0 saturated carbocycles. The van der Waals surface area contributed by atoms with Crippen LogP contribution in [0.5, 0.6) is 0 Å². The summed E-state index contributed by atoms with van der Waals surface area (Å²) >= 11 is 1.59. The molecule has 17 heavy (non-hydrogen) atoms. The van der Waals surface area contributed by atoms with Crippen LogP contribution in [0.2, 0.25) is 0 Å². The highest BCUT2D eigenvalue weighted by molar-refractivity contribution is 7.17. The molecule has 0 saturated heterocycles. The van der Waals surface area contributed by atoms with Gasteiger partial charge in [0.05, 0.1) is 0 Å². The van der Waals surface area contributed by atoms with Crippen LogP contribution in [0, 0.1) is 0 Å². The highest BCUT2D eigenvalue weighted by atomic mass is 32.1. The Morgan fingerprint density at radius 1 is 0.706 bits per heavy atom. The lowest BCUT2D eigenvalue weighted by molar-refractivity contribution is 1.10. The fourth-order valence-electron chi connectivity index (χ4n) is 1.53. The Hall–Kier alpha value is -2.07. The second-order valence-corrected chi connectivity index (χ2v) is 4.49. The van der Waals surface area contributed by atoms with Gasteiger partial charge in [-0.1, -0.05) is 41.7 Å². The highest BCUT2D eigenvalue weighted by Gasteiger charge is 2.07. The minimum Gasteiger partial charge on any atom is -0.265 e. The fourth-order valence-corrected chi connectivity index (χ4v) is 2.39. The number of rotatable bonds is 2. The van der Waals surface area contributed by atoms with Gasteiger partial charge < -0.3 is 0 Å². The SMILES string of the molecule is c1ccc(-c2nnc(-c3ccncc3)s2)cc1. The number of pyridine rings is 1. The van der Waals surface area contributed by atoms with Gasteiger partial charge in [-0.3, -0.25) is 4.98 Å². The molecule has 0 N–H and O–H groups in total. The second kappa shape index (κ2) is 4.43. The molecule has 0 spiro atoms. The van der Waals surface area contributed by atoms with E-state index in [1.54, 1.807) is 23.7 Å². The molecule has 3 nitrogen and oxygen atoms in total. The smallest absolute Gasteiger partial charge is 0.148 e. The van der Waals surface area contributed by atoms with Crippen molar-refractivity contribution in [1.82, 2.24) is 15.2 Å². The Bertz CT molecular complexity index is 551. The summed E-state index contributed by atoms with van der Waals surface area (Å²) in [6, 6.07) is 14.0. The molecule has 0 aliphatic rings. The Balaban J connectivity index is 1.99. The molecule has 3 aromatic rings. The van der Waals surface area contributed by atoms with Gasteiger partial charge in [-0.2, -0.15) is 0 Å². The quantitative estimate of drug-likeness (QED) is 0.689. The summed E-state index contributed by atoms with van der Waals surface area (Å²) in [6.07, 6.45) is 3.53. The van der Waals surface area contributed by atoms with Crippen molar-refractivity contribution in [3.8, 4) is 21.1 Å². The van der Waals surface area contributed by atoms with Crippen LogP contribution in [0.3, 0.4) is 0 Å². The summed E-state index contributed by atoms with van der Waals surface area (Å²) in [5.41, 5.74) is 2.16. The van der Waals surface area contributed by atoms with Crippen LogP contribution in [-0.2, 0) is 0 Å². The van der Waals surface area contributed by atoms with E-state index in [9.17, 15) is 0 Å². The van der Waals surface area contributed by atoms with Gasteiger partial charge in [-0.05, 0) is 12.1 Å². The number of hydrogen-bond donors (Lipinski definition) is 0. The van der Waals surface area contributed by atoms with Gasteiger partial charge in [0.25, 0.3) is 0 Å². The summed E-state index contributed by atoms with van der Waals surface area (Å²) in [5, 5.41) is 10.3. The molecule has 1 aromatic carbocycles. The number of benzene rings is 1. The molecule has 0 atom stereocenters. The van der Waals surface area contributed by atoms with E-state index in [1.165, 1.54) is 0 Å². The van der Waals surface area contributed by atoms with Crippen molar-refractivity contribution in [3.05, 3.63) is 54.9 Å². The summed E-state index contributed by atoms with van der Waals surface area (Å²) in [5.74, 6) is 0. The van der Waals surface area contributed by atoms with Crippen molar-refractivity contribution < 1.29 is 0 Å². The molecule has 0 amide bonds. The average molecular weight is 239 g/mol. The normalized spacial score (nSPS) is 10.4. The molecule has 2 heterocycles. The minimum atomic E-state index is 0.922. The lowest BCUT2D eigenvalue weighted by atomic mass is 10.2. The van der Waals surface area contributed by atoms with Gasteiger partial charge in [0, 0.05) is 23.5 Å². The zero-order valence-electron chi connectivity index (χ0n) is 8.95. The molecule has 0 aliphatic heterocycles. The zero-order valence-corrected chi connectivity index (χ0v) is 9.76. The zero-order chi connectivity index (χ0) is 11.5. The van der Waals surface area contributed by atoms with Gasteiger partial charge in [0.2, 0.25) is 0 Å². The minimum absolute atomic E-state index is 0.922. The van der Waals surface area contributed by atoms with Gasteiger partial charge >= 0.3 is 0 Å². The van der Waals surface area contributed by atoms with Gasteiger partial charge in [-0.15, -0.1) is 10.2 Å². The van der Waals surface area contributed by atoms with Crippen molar-refractivity contribution in [2.45, 2.75) is 0 Å². The van der Waals surface area contributed by atoms with Crippen LogP contribution < -0.4 is 0 Å². The van der Waals surface area contributed by atoms with Crippen LogP contribution >= 0.6 is 11.3 Å². The molecule has 2 aromatic heterocycles. The van der Waals surface area contributed by atoms with E-state index in [0.717, 1.165) is 21.1 Å². The molecular weight excluding hydrogens is 230 g/mol. The molecule has 0 bridgehead atoms. The fraction of sp³-hybridized carbons (Fsp3) is 0. The summed E-state index contributed by atoms with van der Waals surface area (Å²) in [6.45, 7) is 0. The van der Waals surface area contributed by atoms with Crippen molar-refractivity contribution in [1.29, 1.82) is 0 Å². The predicted molar refractivity (Wildman–Crippen MR) is 68.6 cm³/mol. The van der Waals surface area contributed by atoms with E-state index >= 15 is 0 Å². The number of hydrogen-bond acceptors (Lipinski definition) is 4.